The molecule has 144 valence electrons. The maximum atomic E-state index is 12.6. The van der Waals surface area contributed by atoms with Gasteiger partial charge in [0, 0.05) is 11.1 Å². The van der Waals surface area contributed by atoms with Crippen LogP contribution >= 0.6 is 0 Å². The van der Waals surface area contributed by atoms with Crippen molar-refractivity contribution in [3.8, 4) is 0 Å². The zero-order valence-corrected chi connectivity index (χ0v) is 15.5. The van der Waals surface area contributed by atoms with Crippen LogP contribution in [-0.2, 0) is 17.8 Å². The number of carbonyl (C=O) groups excluding carboxylic acids is 1. The molecule has 2 N–H and O–H groups in total. The van der Waals surface area contributed by atoms with E-state index in [1.165, 1.54) is 17.7 Å². The molecule has 1 heterocycles. The number of aromatic carboxylic acids is 1. The molecule has 3 rings (SSSR count). The van der Waals surface area contributed by atoms with E-state index in [1.54, 1.807) is 12.1 Å². The summed E-state index contributed by atoms with van der Waals surface area (Å²) in [6, 6.07) is 13.8. The molecule has 0 aliphatic rings. The molecule has 0 radical (unpaired) electrons. The second-order valence-corrected chi connectivity index (χ2v) is 6.51. The molecule has 0 aliphatic heterocycles. The number of carboxylic acid groups (broad SMARTS) is 1. The Labute approximate surface area is 161 Å². The number of hydrogen-bond acceptors (Lipinski definition) is 4. The average molecular weight is 379 g/mol. The van der Waals surface area contributed by atoms with Crippen molar-refractivity contribution in [2.75, 3.05) is 5.32 Å². The Morgan fingerprint density at radius 2 is 1.75 bits per heavy atom. The van der Waals surface area contributed by atoms with Crippen LogP contribution in [0.2, 0.25) is 0 Å². The molecule has 0 unspecified atom stereocenters. The van der Waals surface area contributed by atoms with Gasteiger partial charge in [0.15, 0.2) is 5.69 Å². The van der Waals surface area contributed by atoms with Gasteiger partial charge < -0.3 is 10.4 Å². The SMILES string of the molecule is CCCCc1ccc(NC(=O)Cn2nc(C(=O)O)c3ccccc3c2=O)cc1. The molecule has 0 aliphatic carbocycles. The van der Waals surface area contributed by atoms with Crippen LogP contribution in [-0.4, -0.2) is 26.8 Å². The lowest BCUT2D eigenvalue weighted by Crippen LogP contribution is -2.31. The number of hydrogen-bond donors (Lipinski definition) is 2. The van der Waals surface area contributed by atoms with Crippen molar-refractivity contribution in [2.24, 2.45) is 0 Å². The zero-order chi connectivity index (χ0) is 20.1. The Bertz CT molecular complexity index is 1070. The molecule has 0 saturated carbocycles. The highest BCUT2D eigenvalue weighted by atomic mass is 16.4. The fraction of sp³-hybridized carbons (Fsp3) is 0.238. The van der Waals surface area contributed by atoms with Crippen molar-refractivity contribution in [3.63, 3.8) is 0 Å². The van der Waals surface area contributed by atoms with E-state index in [0.29, 0.717) is 5.69 Å². The van der Waals surface area contributed by atoms with Crippen LogP contribution < -0.4 is 10.9 Å². The topological polar surface area (TPSA) is 101 Å². The first-order valence-corrected chi connectivity index (χ1v) is 9.11. The molecular formula is C21H21N3O4. The highest BCUT2D eigenvalue weighted by Crippen LogP contribution is 2.14. The van der Waals surface area contributed by atoms with E-state index in [9.17, 15) is 19.5 Å². The Kier molecular flexibility index (Phi) is 5.84. The highest BCUT2D eigenvalue weighted by Gasteiger charge is 2.17. The third-order valence-corrected chi connectivity index (χ3v) is 4.42. The number of rotatable bonds is 7. The second kappa shape index (κ2) is 8.47. The van der Waals surface area contributed by atoms with Crippen molar-refractivity contribution >= 4 is 28.3 Å². The largest absolute Gasteiger partial charge is 0.476 e. The third-order valence-electron chi connectivity index (χ3n) is 4.42. The first-order valence-electron chi connectivity index (χ1n) is 9.11. The van der Waals surface area contributed by atoms with Gasteiger partial charge in [0.05, 0.1) is 5.39 Å². The van der Waals surface area contributed by atoms with Gasteiger partial charge in [-0.25, -0.2) is 9.48 Å². The summed E-state index contributed by atoms with van der Waals surface area (Å²) in [4.78, 5) is 36.4. The van der Waals surface area contributed by atoms with Gasteiger partial charge in [-0.05, 0) is 36.6 Å². The first kappa shape index (κ1) is 19.3. The smallest absolute Gasteiger partial charge is 0.357 e. The van der Waals surface area contributed by atoms with Gasteiger partial charge >= 0.3 is 5.97 Å². The van der Waals surface area contributed by atoms with Crippen molar-refractivity contribution in [3.05, 3.63) is 70.1 Å². The molecule has 0 atom stereocenters. The van der Waals surface area contributed by atoms with E-state index in [4.69, 9.17) is 0 Å². The lowest BCUT2D eigenvalue weighted by molar-refractivity contribution is -0.117. The number of unbranched alkanes of at least 4 members (excludes halogenated alkanes) is 1. The summed E-state index contributed by atoms with van der Waals surface area (Å²) in [6.07, 6.45) is 3.21. The number of nitrogens with one attached hydrogen (secondary N) is 1. The molecule has 0 fully saturated rings. The predicted octanol–water partition coefficient (Wildman–Crippen LogP) is 3.08. The van der Waals surface area contributed by atoms with E-state index in [0.717, 1.165) is 23.9 Å². The van der Waals surface area contributed by atoms with Crippen molar-refractivity contribution < 1.29 is 14.7 Å². The average Bonchev–Trinajstić information content (AvgIpc) is 2.69. The number of aryl methyl sites for hydroxylation is 1. The lowest BCUT2D eigenvalue weighted by atomic mass is 10.1. The fourth-order valence-electron chi connectivity index (χ4n) is 2.97. The van der Waals surface area contributed by atoms with Crippen LogP contribution in [0.1, 0.15) is 35.8 Å². The fourth-order valence-corrected chi connectivity index (χ4v) is 2.97. The van der Waals surface area contributed by atoms with E-state index in [-0.39, 0.29) is 23.0 Å². The van der Waals surface area contributed by atoms with E-state index in [2.05, 4.69) is 17.3 Å². The quantitative estimate of drug-likeness (QED) is 0.657. The van der Waals surface area contributed by atoms with E-state index >= 15 is 0 Å². The lowest BCUT2D eigenvalue weighted by Gasteiger charge is -2.10. The Morgan fingerprint density at radius 3 is 2.39 bits per heavy atom. The number of benzene rings is 2. The number of fused-ring (bicyclic) bond motifs is 1. The van der Waals surface area contributed by atoms with Gasteiger partial charge in [-0.15, -0.1) is 0 Å². The van der Waals surface area contributed by atoms with Gasteiger partial charge in [-0.3, -0.25) is 9.59 Å². The van der Waals surface area contributed by atoms with Gasteiger partial charge in [0.1, 0.15) is 6.54 Å². The van der Waals surface area contributed by atoms with Gasteiger partial charge in [0.2, 0.25) is 5.91 Å². The van der Waals surface area contributed by atoms with Crippen LogP contribution in [0.25, 0.3) is 10.8 Å². The molecule has 2 aromatic carbocycles. The summed E-state index contributed by atoms with van der Waals surface area (Å²) < 4.78 is 0.886. The third kappa shape index (κ3) is 4.25. The number of aromatic nitrogens is 2. The normalized spacial score (nSPS) is 10.8. The monoisotopic (exact) mass is 379 g/mol. The summed E-state index contributed by atoms with van der Waals surface area (Å²) in [5.41, 5.74) is 1.03. The van der Waals surface area contributed by atoms with Crippen LogP contribution in [0.4, 0.5) is 5.69 Å². The molecule has 1 aromatic heterocycles. The van der Waals surface area contributed by atoms with Gasteiger partial charge in [0.25, 0.3) is 5.56 Å². The summed E-state index contributed by atoms with van der Waals surface area (Å²) >= 11 is 0. The number of amides is 1. The maximum absolute atomic E-state index is 12.6. The van der Waals surface area contributed by atoms with Crippen LogP contribution in [0.5, 0.6) is 0 Å². The molecule has 3 aromatic rings. The molecule has 7 heteroatoms. The summed E-state index contributed by atoms with van der Waals surface area (Å²) in [6.45, 7) is 1.76. The molecule has 0 spiro atoms. The number of carboxylic acids is 1. The number of nitrogens with zero attached hydrogens (tertiary/aromatic N) is 2. The Balaban J connectivity index is 1.80. The van der Waals surface area contributed by atoms with Gasteiger partial charge in [-0.1, -0.05) is 43.7 Å². The van der Waals surface area contributed by atoms with Crippen molar-refractivity contribution in [1.29, 1.82) is 0 Å². The van der Waals surface area contributed by atoms with Crippen molar-refractivity contribution in [2.45, 2.75) is 32.7 Å². The standard InChI is InChI=1S/C21H21N3O4/c1-2-3-6-14-9-11-15(12-10-14)22-18(25)13-24-20(26)17-8-5-4-7-16(17)19(23-24)21(27)28/h4-5,7-12H,2-3,6,13H2,1H3,(H,22,25)(H,27,28). The maximum Gasteiger partial charge on any atom is 0.357 e. The molecule has 7 nitrogen and oxygen atoms in total. The van der Waals surface area contributed by atoms with Gasteiger partial charge in [-0.2, -0.15) is 5.10 Å². The molecule has 28 heavy (non-hydrogen) atoms. The highest BCUT2D eigenvalue weighted by molar-refractivity contribution is 6.01. The zero-order valence-electron chi connectivity index (χ0n) is 15.5. The Morgan fingerprint density at radius 1 is 1.07 bits per heavy atom. The van der Waals surface area contributed by atoms with Crippen LogP contribution in [0, 0.1) is 0 Å². The summed E-state index contributed by atoms with van der Waals surface area (Å²) in [5.74, 6) is -1.71. The molecular weight excluding hydrogens is 358 g/mol. The Hall–Kier alpha value is -3.48. The van der Waals surface area contributed by atoms with E-state index < -0.39 is 17.4 Å². The minimum absolute atomic E-state index is 0.211. The summed E-state index contributed by atoms with van der Waals surface area (Å²) in [7, 11) is 0. The number of anilines is 1. The van der Waals surface area contributed by atoms with Crippen LogP contribution in [0.15, 0.2) is 53.3 Å². The minimum atomic E-state index is -1.26. The summed E-state index contributed by atoms with van der Waals surface area (Å²) in [5, 5.41) is 16.4. The van der Waals surface area contributed by atoms with Crippen LogP contribution in [0.3, 0.4) is 0 Å². The molecule has 0 bridgehead atoms. The van der Waals surface area contributed by atoms with Crippen molar-refractivity contribution in [1.82, 2.24) is 9.78 Å². The number of carbonyl (C=O) groups is 2. The minimum Gasteiger partial charge on any atom is -0.476 e. The second-order valence-electron chi connectivity index (χ2n) is 6.51. The van der Waals surface area contributed by atoms with E-state index in [1.807, 2.05) is 24.3 Å². The first-order chi connectivity index (χ1) is 13.5. The predicted molar refractivity (Wildman–Crippen MR) is 107 cm³/mol. The molecule has 1 amide bonds. The molecule has 0 saturated heterocycles.